The second kappa shape index (κ2) is 7.40. The molecule has 2 heterocycles. The number of halogens is 1. The Morgan fingerprint density at radius 2 is 2.00 bits per heavy atom. The van der Waals surface area contributed by atoms with Gasteiger partial charge in [0.15, 0.2) is 17.2 Å². The highest BCUT2D eigenvalue weighted by atomic mass is 35.5. The van der Waals surface area contributed by atoms with Crippen LogP contribution in [0.4, 0.5) is 5.69 Å². The van der Waals surface area contributed by atoms with Gasteiger partial charge in [0.2, 0.25) is 12.7 Å². The molecule has 8 nitrogen and oxygen atoms in total. The minimum atomic E-state index is -0.632. The second-order valence-electron chi connectivity index (χ2n) is 6.26. The number of nitrogens with zero attached hydrogens (tertiary/aromatic N) is 2. The first-order chi connectivity index (χ1) is 13.9. The Bertz CT molecular complexity index is 1140. The fraction of sp³-hybridized carbons (Fsp3) is 0.100. The number of rotatable bonds is 4. The van der Waals surface area contributed by atoms with Crippen LogP contribution in [0.25, 0.3) is 6.08 Å². The molecule has 0 bridgehead atoms. The van der Waals surface area contributed by atoms with Gasteiger partial charge in [0, 0.05) is 12.1 Å². The predicted octanol–water partition coefficient (Wildman–Crippen LogP) is 4.27. The molecule has 0 unspecified atom stereocenters. The summed E-state index contributed by atoms with van der Waals surface area (Å²) in [6, 6.07) is 9.36. The number of aliphatic imine (C=N–C) groups is 1. The Morgan fingerprint density at radius 3 is 2.76 bits per heavy atom. The van der Waals surface area contributed by atoms with Crippen LogP contribution >= 0.6 is 11.6 Å². The third-order valence-corrected chi connectivity index (χ3v) is 4.48. The lowest BCUT2D eigenvalue weighted by Gasteiger charge is -2.02. The number of non-ortho nitro benzene ring substituents is 1. The Kier molecular flexibility index (Phi) is 4.77. The van der Waals surface area contributed by atoms with E-state index in [9.17, 15) is 14.9 Å². The van der Waals surface area contributed by atoms with E-state index in [2.05, 4.69) is 4.99 Å². The molecule has 0 spiro atoms. The summed E-state index contributed by atoms with van der Waals surface area (Å²) < 4.78 is 15.8. The average Bonchev–Trinajstić information content (AvgIpc) is 3.27. The van der Waals surface area contributed by atoms with Crippen molar-refractivity contribution >= 4 is 35.2 Å². The summed E-state index contributed by atoms with van der Waals surface area (Å²) in [5.41, 5.74) is 1.87. The highest BCUT2D eigenvalue weighted by molar-refractivity contribution is 6.34. The fourth-order valence-electron chi connectivity index (χ4n) is 2.84. The average molecular weight is 413 g/mol. The quantitative estimate of drug-likeness (QED) is 0.322. The van der Waals surface area contributed by atoms with E-state index in [1.54, 1.807) is 6.08 Å². The van der Waals surface area contributed by atoms with Crippen molar-refractivity contribution in [3.8, 4) is 11.5 Å². The lowest BCUT2D eigenvalue weighted by molar-refractivity contribution is -0.384. The summed E-state index contributed by atoms with van der Waals surface area (Å²) in [6.07, 6.45) is 3.44. The first kappa shape index (κ1) is 18.7. The summed E-state index contributed by atoms with van der Waals surface area (Å²) in [5.74, 6) is 0.712. The Morgan fingerprint density at radius 1 is 1.21 bits per heavy atom. The van der Waals surface area contributed by atoms with Crippen molar-refractivity contribution in [3.63, 3.8) is 0 Å². The summed E-state index contributed by atoms with van der Waals surface area (Å²) in [4.78, 5) is 26.6. The molecule has 146 valence electrons. The molecule has 2 aliphatic heterocycles. The first-order valence-electron chi connectivity index (χ1n) is 8.45. The van der Waals surface area contributed by atoms with Crippen molar-refractivity contribution in [2.24, 2.45) is 4.99 Å². The number of fused-ring (bicyclic) bond motifs is 1. The van der Waals surface area contributed by atoms with Crippen LogP contribution in [0.1, 0.15) is 18.1 Å². The van der Waals surface area contributed by atoms with Crippen molar-refractivity contribution in [1.82, 2.24) is 0 Å². The normalized spacial score (nSPS) is 16.8. The van der Waals surface area contributed by atoms with E-state index >= 15 is 0 Å². The molecule has 9 heteroatoms. The highest BCUT2D eigenvalue weighted by Gasteiger charge is 2.26. The zero-order chi connectivity index (χ0) is 20.5. The van der Waals surface area contributed by atoms with Crippen LogP contribution < -0.4 is 9.47 Å². The highest BCUT2D eigenvalue weighted by Crippen LogP contribution is 2.33. The van der Waals surface area contributed by atoms with Crippen LogP contribution in [0.5, 0.6) is 11.5 Å². The van der Waals surface area contributed by atoms with Crippen LogP contribution in [-0.2, 0) is 9.53 Å². The number of esters is 1. The SMILES string of the molecule is CC(/C=C1\N=C(c2ccc([N+](=O)[O-])cc2Cl)OC1=O)=C\c1ccc2c(c1)OCO2. The Hall–Kier alpha value is -3.65. The van der Waals surface area contributed by atoms with E-state index in [0.29, 0.717) is 17.1 Å². The molecular weight excluding hydrogens is 400 g/mol. The van der Waals surface area contributed by atoms with Gasteiger partial charge in [-0.05, 0) is 42.3 Å². The molecule has 0 amide bonds. The third-order valence-electron chi connectivity index (χ3n) is 4.17. The van der Waals surface area contributed by atoms with E-state index in [1.165, 1.54) is 18.2 Å². The molecule has 29 heavy (non-hydrogen) atoms. The molecule has 0 aromatic heterocycles. The van der Waals surface area contributed by atoms with Crippen LogP contribution in [-0.4, -0.2) is 23.6 Å². The molecule has 2 aliphatic rings. The molecule has 0 saturated carbocycles. The molecule has 0 N–H and O–H groups in total. The molecule has 0 aliphatic carbocycles. The Labute approximate surface area is 169 Å². The van der Waals surface area contributed by atoms with Gasteiger partial charge in [-0.1, -0.05) is 23.7 Å². The van der Waals surface area contributed by atoms with Crippen molar-refractivity contribution in [3.05, 3.63) is 80.0 Å². The zero-order valence-corrected chi connectivity index (χ0v) is 15.8. The van der Waals surface area contributed by atoms with E-state index in [1.807, 2.05) is 31.2 Å². The summed E-state index contributed by atoms with van der Waals surface area (Å²) >= 11 is 6.08. The first-order valence-corrected chi connectivity index (χ1v) is 8.83. The van der Waals surface area contributed by atoms with Crippen molar-refractivity contribution in [2.75, 3.05) is 6.79 Å². The van der Waals surface area contributed by atoms with Crippen molar-refractivity contribution in [2.45, 2.75) is 6.92 Å². The monoisotopic (exact) mass is 412 g/mol. The van der Waals surface area contributed by atoms with Gasteiger partial charge < -0.3 is 14.2 Å². The number of hydrogen-bond acceptors (Lipinski definition) is 7. The number of carbonyl (C=O) groups is 1. The second-order valence-corrected chi connectivity index (χ2v) is 6.67. The van der Waals surface area contributed by atoms with Gasteiger partial charge in [0.05, 0.1) is 15.5 Å². The van der Waals surface area contributed by atoms with Gasteiger partial charge in [-0.15, -0.1) is 0 Å². The topological polar surface area (TPSA) is 100 Å². The van der Waals surface area contributed by atoms with E-state index in [-0.39, 0.29) is 29.1 Å². The maximum atomic E-state index is 12.2. The molecule has 0 atom stereocenters. The van der Waals surface area contributed by atoms with E-state index in [0.717, 1.165) is 11.1 Å². The lowest BCUT2D eigenvalue weighted by Crippen LogP contribution is -2.06. The van der Waals surface area contributed by atoms with Crippen molar-refractivity contribution in [1.29, 1.82) is 0 Å². The standard InChI is InChI=1S/C20H13ClN2O6/c1-11(6-12-2-5-17-18(8-12)28-10-27-17)7-16-20(24)29-19(22-16)14-4-3-13(23(25)26)9-15(14)21/h2-9H,10H2,1H3/b11-6+,16-7-. The van der Waals surface area contributed by atoms with Crippen molar-refractivity contribution < 1.29 is 23.9 Å². The number of cyclic esters (lactones) is 1. The zero-order valence-electron chi connectivity index (χ0n) is 15.0. The van der Waals surface area contributed by atoms with E-state index in [4.69, 9.17) is 25.8 Å². The Balaban J connectivity index is 1.60. The molecule has 0 fully saturated rings. The van der Waals surface area contributed by atoms with Crippen LogP contribution in [0.3, 0.4) is 0 Å². The molecule has 2 aromatic carbocycles. The van der Waals surface area contributed by atoms with E-state index < -0.39 is 10.9 Å². The number of hydrogen-bond donors (Lipinski definition) is 0. The van der Waals surface area contributed by atoms with Gasteiger partial charge in [0.25, 0.3) is 5.69 Å². The number of benzene rings is 2. The number of ether oxygens (including phenoxy) is 3. The summed E-state index contributed by atoms with van der Waals surface area (Å²) in [7, 11) is 0. The van der Waals surface area contributed by atoms with Gasteiger partial charge in [-0.25, -0.2) is 9.79 Å². The molecule has 2 aromatic rings. The molecule has 4 rings (SSSR count). The number of nitro benzene ring substituents is 1. The van der Waals surface area contributed by atoms with Crippen LogP contribution in [0.15, 0.2) is 58.7 Å². The summed E-state index contributed by atoms with van der Waals surface area (Å²) in [5, 5.41) is 10.9. The van der Waals surface area contributed by atoms with Crippen LogP contribution in [0, 0.1) is 10.1 Å². The maximum Gasteiger partial charge on any atom is 0.363 e. The number of allylic oxidation sites excluding steroid dienone is 2. The minimum absolute atomic E-state index is 0.00275. The molecule has 0 saturated heterocycles. The smallest absolute Gasteiger partial charge is 0.363 e. The lowest BCUT2D eigenvalue weighted by atomic mass is 10.1. The maximum absolute atomic E-state index is 12.2. The third kappa shape index (κ3) is 3.83. The predicted molar refractivity (Wildman–Crippen MR) is 105 cm³/mol. The molecular formula is C20H13ClN2O6. The van der Waals surface area contributed by atoms with Gasteiger partial charge in [0.1, 0.15) is 0 Å². The van der Waals surface area contributed by atoms with Gasteiger partial charge >= 0.3 is 5.97 Å². The molecule has 0 radical (unpaired) electrons. The largest absolute Gasteiger partial charge is 0.454 e. The van der Waals surface area contributed by atoms with Gasteiger partial charge in [-0.3, -0.25) is 10.1 Å². The number of nitro groups is 1. The van der Waals surface area contributed by atoms with Gasteiger partial charge in [-0.2, -0.15) is 0 Å². The van der Waals surface area contributed by atoms with Crippen LogP contribution in [0.2, 0.25) is 5.02 Å². The summed E-state index contributed by atoms with van der Waals surface area (Å²) in [6.45, 7) is 2.01. The minimum Gasteiger partial charge on any atom is -0.454 e. The number of carbonyl (C=O) groups excluding carboxylic acids is 1. The fourth-order valence-corrected chi connectivity index (χ4v) is 3.09.